The van der Waals surface area contributed by atoms with Crippen LogP contribution in [0.25, 0.3) is 11.2 Å². The van der Waals surface area contributed by atoms with Gasteiger partial charge in [0.15, 0.2) is 34.0 Å². The number of hydrogen-bond acceptors (Lipinski definition) is 21. The van der Waals surface area contributed by atoms with Crippen LogP contribution in [0, 0.1) is 5.53 Å². The number of anilines is 1. The number of aromatic nitrogens is 4. The lowest BCUT2D eigenvalue weighted by atomic mass is 10.0. The van der Waals surface area contributed by atoms with Crippen LogP contribution in [0.15, 0.2) is 42.0 Å². The maximum absolute atomic E-state index is 13.4. The first-order valence-electron chi connectivity index (χ1n) is 26.5. The molecule has 0 radical (unpaired) electrons. The van der Waals surface area contributed by atoms with Gasteiger partial charge in [-0.3, -0.25) is 28.5 Å². The van der Waals surface area contributed by atoms with E-state index in [0.717, 1.165) is 25.0 Å². The Morgan fingerprint density at radius 3 is 2.32 bits per heavy atom. The van der Waals surface area contributed by atoms with Gasteiger partial charge in [0.25, 0.3) is 5.91 Å². The number of imidazole rings is 1. The number of nitrogens with zero attached hydrogens (tertiary/aromatic N) is 6. The van der Waals surface area contributed by atoms with Gasteiger partial charge < -0.3 is 77.2 Å². The van der Waals surface area contributed by atoms with Crippen molar-refractivity contribution in [2.75, 3.05) is 88.4 Å². The van der Waals surface area contributed by atoms with Crippen molar-refractivity contribution in [2.45, 2.75) is 118 Å². The molecule has 79 heavy (non-hydrogen) atoms. The summed E-state index contributed by atoms with van der Waals surface area (Å²) >= 11 is 3.24. The normalized spacial score (nSPS) is 21.1. The van der Waals surface area contributed by atoms with E-state index in [1.54, 1.807) is 0 Å². The molecule has 13 N–H and O–H groups in total. The van der Waals surface area contributed by atoms with Crippen molar-refractivity contribution in [1.82, 2.24) is 56.3 Å². The highest BCUT2D eigenvalue weighted by Gasteiger charge is 2.45. The maximum atomic E-state index is 13.4. The van der Waals surface area contributed by atoms with Crippen LogP contribution in [-0.4, -0.2) is 201 Å². The summed E-state index contributed by atoms with van der Waals surface area (Å²) in [6.07, 6.45) is 3.95. The van der Waals surface area contributed by atoms with Gasteiger partial charge in [0.05, 0.1) is 57.4 Å². The Kier molecular flexibility index (Phi) is 26.3. The Labute approximate surface area is 464 Å². The van der Waals surface area contributed by atoms with Crippen molar-refractivity contribution in [2.24, 2.45) is 10.8 Å². The zero-order valence-electron chi connectivity index (χ0n) is 43.9. The van der Waals surface area contributed by atoms with Gasteiger partial charge in [-0.15, -0.1) is 0 Å². The minimum Gasteiger partial charge on any atom is -0.480 e. The van der Waals surface area contributed by atoms with Crippen LogP contribution >= 0.6 is 23.5 Å². The number of amides is 6. The first-order chi connectivity index (χ1) is 38.3. The molecule has 9 atom stereocenters. The van der Waals surface area contributed by atoms with E-state index in [1.807, 2.05) is 11.8 Å². The Hall–Kier alpha value is -6.08. The molecule has 2 aromatic heterocycles. The third-order valence-corrected chi connectivity index (χ3v) is 15.6. The van der Waals surface area contributed by atoms with Gasteiger partial charge in [-0.05, 0) is 75.0 Å². The molecule has 28 nitrogen and oxygen atoms in total. The van der Waals surface area contributed by atoms with Crippen LogP contribution in [0.4, 0.5) is 16.3 Å². The van der Waals surface area contributed by atoms with E-state index in [0.29, 0.717) is 124 Å². The molecule has 2 unspecified atom stereocenters. The second-order valence-corrected chi connectivity index (χ2v) is 21.3. The van der Waals surface area contributed by atoms with E-state index in [4.69, 9.17) is 35.3 Å². The van der Waals surface area contributed by atoms with E-state index in [2.05, 4.69) is 62.2 Å². The Bertz CT molecular complexity index is 2490. The van der Waals surface area contributed by atoms with Crippen molar-refractivity contribution < 1.29 is 63.0 Å². The highest BCUT2D eigenvalue weighted by Crippen LogP contribution is 2.35. The average molecular weight is 1150 g/mol. The van der Waals surface area contributed by atoms with Gasteiger partial charge in [0.1, 0.15) is 36.2 Å². The summed E-state index contributed by atoms with van der Waals surface area (Å²) in [6, 6.07) is 4.04. The summed E-state index contributed by atoms with van der Waals surface area (Å²) in [5.74, 6) is -0.587. The molecule has 3 fully saturated rings. The van der Waals surface area contributed by atoms with Gasteiger partial charge in [0.2, 0.25) is 22.6 Å². The number of hydrogen-bond donors (Lipinski definition) is 12. The molecule has 3 saturated heterocycles. The summed E-state index contributed by atoms with van der Waals surface area (Å²) in [6.45, 7) is 3.73. The number of fused-ring (bicyclic) bond motifs is 2. The predicted octanol–water partition coefficient (Wildman–Crippen LogP) is 0.448. The van der Waals surface area contributed by atoms with Gasteiger partial charge >= 0.3 is 12.0 Å². The Balaban J connectivity index is 0.814. The molecular formula is C49H74N15O13S2+. The summed E-state index contributed by atoms with van der Waals surface area (Å²) < 4.78 is 24.3. The molecule has 434 valence electrons. The molecule has 0 saturated carbocycles. The lowest BCUT2D eigenvalue weighted by molar-refractivity contribution is -0.138. The van der Waals surface area contributed by atoms with Crippen LogP contribution in [0.2, 0.25) is 0 Å². The summed E-state index contributed by atoms with van der Waals surface area (Å²) in [4.78, 5) is 90.5. The topological polar surface area (TPSA) is 404 Å². The monoisotopic (exact) mass is 1140 g/mol. The summed E-state index contributed by atoms with van der Waals surface area (Å²) in [5, 5.41) is 54.9. The second kappa shape index (κ2) is 33.5. The predicted molar refractivity (Wildman–Crippen MR) is 290 cm³/mol. The lowest BCUT2D eigenvalue weighted by Gasteiger charge is -2.18. The number of unbranched alkanes of at least 4 members (excludes halogenated alkanes) is 2. The van der Waals surface area contributed by atoms with Crippen LogP contribution in [0.5, 0.6) is 0 Å². The highest BCUT2D eigenvalue weighted by atomic mass is 32.2. The smallest absolute Gasteiger partial charge is 0.320 e. The molecular weight excluding hydrogens is 1070 g/mol. The zero-order chi connectivity index (χ0) is 56.4. The molecule has 0 bridgehead atoms. The fourth-order valence-electron chi connectivity index (χ4n) is 8.74. The minimum atomic E-state index is -1.29. The fraction of sp³-hybridized carbons (Fsp3) is 0.653. The van der Waals surface area contributed by atoms with E-state index in [9.17, 15) is 39.0 Å². The SMILES string of the molecule is N=[N+]=Nc1ccc(C(=O)N[C@@H](CC(=O)NCCCCNc2ncnc3c2ncn3[C@@H]2O[C@H](CSCC[C@H](N)C(=O)O)C(O)C2O)C(=O)NCCCOCCOCCOCCCNC(=O)CCCC[C@@H]2SC[C@@H]3NC(=O)N[C@@H]32)cc1. The van der Waals surface area contributed by atoms with Crippen molar-refractivity contribution in [3.63, 3.8) is 0 Å². The van der Waals surface area contributed by atoms with E-state index in [1.165, 1.54) is 53.2 Å². The van der Waals surface area contributed by atoms with Crippen LogP contribution in [-0.2, 0) is 38.1 Å². The minimum absolute atomic E-state index is 0.0279. The number of urea groups is 1. The first kappa shape index (κ1) is 62.1. The molecule has 0 aliphatic carbocycles. The number of aliphatic carboxylic acids is 1. The van der Waals surface area contributed by atoms with Crippen molar-refractivity contribution in [3.8, 4) is 0 Å². The number of carbonyl (C=O) groups excluding carboxylic acids is 5. The third-order valence-electron chi connectivity index (χ3n) is 13.0. The number of benzene rings is 1. The summed E-state index contributed by atoms with van der Waals surface area (Å²) in [5.41, 5.74) is 13.8. The standard InChI is InChI=1S/C49H73N15O13S2/c50-32(48(71)72)13-24-78-27-35-41(67)42(68)47(77-35)64-29-58-40-43(56-28-57-44(40)64)54-15-4-3-14-53-38(66)25-33(59-45(69)30-9-11-31(12-10-30)62-63-51)46(70)55-17-6-19-75-21-23-76-22-20-74-18-5-16-52-37(65)8-2-1-7-36-39-34(26-79-36)60-49(73)61-39/h9-12,28-29,32-36,39,41-42,47,51,67-68H,1-8,13-27,50H2,(H7-,52,53,54,55,56,57,59,60,61,65,66,69,70,71,72,73)/p+1/t32-,33-,34-,35+,36-,39-,41?,42?,47+/m0/s1. The molecule has 3 aromatic rings. The number of nitrogens with two attached hydrogens (primary N) is 1. The molecule has 5 heterocycles. The molecule has 3 aliphatic rings. The van der Waals surface area contributed by atoms with E-state index >= 15 is 0 Å². The Morgan fingerprint density at radius 1 is 0.886 bits per heavy atom. The van der Waals surface area contributed by atoms with Crippen molar-refractivity contribution in [1.29, 1.82) is 5.53 Å². The molecule has 1 aromatic carbocycles. The maximum Gasteiger partial charge on any atom is 0.320 e. The Morgan fingerprint density at radius 2 is 1.58 bits per heavy atom. The van der Waals surface area contributed by atoms with Crippen LogP contribution in [0.3, 0.4) is 0 Å². The third kappa shape index (κ3) is 20.2. The molecule has 6 rings (SSSR count). The average Bonchev–Trinajstić information content (AvgIpc) is 4.30. The first-order valence-corrected chi connectivity index (χ1v) is 28.7. The number of rotatable bonds is 38. The number of carboxylic acids is 1. The summed E-state index contributed by atoms with van der Waals surface area (Å²) in [7, 11) is 0. The number of aliphatic hydroxyl groups is 2. The van der Waals surface area contributed by atoms with Crippen molar-refractivity contribution >= 4 is 81.8 Å². The van der Waals surface area contributed by atoms with Gasteiger partial charge in [0, 0.05) is 68.1 Å². The number of carboxylic acid groups (broad SMARTS) is 1. The molecule has 3 aliphatic heterocycles. The van der Waals surface area contributed by atoms with Gasteiger partial charge in [-0.1, -0.05) is 6.42 Å². The van der Waals surface area contributed by atoms with E-state index < -0.39 is 60.3 Å². The number of nitrogens with one attached hydrogen (secondary N) is 8. The fourth-order valence-corrected chi connectivity index (χ4v) is 11.4. The zero-order valence-corrected chi connectivity index (χ0v) is 45.6. The number of ether oxygens (including phenoxy) is 4. The van der Waals surface area contributed by atoms with Crippen LogP contribution < -0.4 is 47.9 Å². The quantitative estimate of drug-likeness (QED) is 0.0160. The second-order valence-electron chi connectivity index (χ2n) is 18.9. The van der Waals surface area contributed by atoms with Gasteiger partial charge in [-0.2, -0.15) is 23.5 Å². The number of carbonyl (C=O) groups is 6. The molecule has 0 spiro atoms. The van der Waals surface area contributed by atoms with Gasteiger partial charge in [-0.25, -0.2) is 19.7 Å². The number of aliphatic hydroxyl groups excluding tert-OH is 2. The highest BCUT2D eigenvalue weighted by molar-refractivity contribution is 8.00. The van der Waals surface area contributed by atoms with Crippen molar-refractivity contribution in [3.05, 3.63) is 42.5 Å². The molecule has 30 heteroatoms. The lowest BCUT2D eigenvalue weighted by Crippen LogP contribution is -2.49. The largest absolute Gasteiger partial charge is 0.480 e. The van der Waals surface area contributed by atoms with E-state index in [-0.39, 0.29) is 55.5 Å². The molecule has 6 amide bonds. The van der Waals surface area contributed by atoms with Crippen LogP contribution in [0.1, 0.15) is 80.8 Å². The number of thioether (sulfide) groups is 2.